The number of likely N-dealkylation sites (N-methyl/N-ethyl adjacent to an activating group) is 1. The highest BCUT2D eigenvalue weighted by Crippen LogP contribution is 2.55. The maximum atomic E-state index is 14.3. The number of nitro benzene ring substituents is 1. The lowest BCUT2D eigenvalue weighted by Gasteiger charge is -2.35. The van der Waals surface area contributed by atoms with Crippen LogP contribution in [0.4, 0.5) is 15.8 Å². The summed E-state index contributed by atoms with van der Waals surface area (Å²) in [5.41, 5.74) is 0.381. The number of amides is 1. The highest BCUT2D eigenvalue weighted by molar-refractivity contribution is 6.12. The van der Waals surface area contributed by atoms with Crippen molar-refractivity contribution in [3.8, 4) is 0 Å². The van der Waals surface area contributed by atoms with Gasteiger partial charge in [-0.2, -0.15) is 0 Å². The van der Waals surface area contributed by atoms with Crippen LogP contribution < -0.4 is 5.32 Å². The molecule has 1 spiro atoms. The molecule has 166 valence electrons. The van der Waals surface area contributed by atoms with Crippen LogP contribution in [0.15, 0.2) is 67.0 Å². The summed E-state index contributed by atoms with van der Waals surface area (Å²) < 4.78 is 14.3. The minimum Gasteiger partial charge on any atom is -0.324 e. The van der Waals surface area contributed by atoms with E-state index in [0.717, 1.165) is 0 Å². The number of hydrogen-bond donors (Lipinski definition) is 1. The molecule has 33 heavy (non-hydrogen) atoms. The number of carbonyl (C=O) groups is 2. The molecule has 2 aliphatic heterocycles. The molecular formula is C24H19FN4O4. The van der Waals surface area contributed by atoms with Gasteiger partial charge < -0.3 is 5.32 Å². The number of carbonyl (C=O) groups excluding carboxylic acids is 2. The number of aromatic nitrogens is 1. The van der Waals surface area contributed by atoms with Gasteiger partial charge in [-0.05, 0) is 42.9 Å². The third-order valence-corrected chi connectivity index (χ3v) is 6.67. The van der Waals surface area contributed by atoms with Gasteiger partial charge in [0.25, 0.3) is 5.69 Å². The number of ketones is 1. The molecule has 1 aromatic heterocycles. The van der Waals surface area contributed by atoms with E-state index in [0.29, 0.717) is 28.9 Å². The van der Waals surface area contributed by atoms with Crippen molar-refractivity contribution < 1.29 is 18.9 Å². The van der Waals surface area contributed by atoms with Crippen molar-refractivity contribution >= 4 is 23.1 Å². The minimum atomic E-state index is -1.43. The fraction of sp³-hybridized carbons (Fsp3) is 0.208. The average molecular weight is 446 g/mol. The fourth-order valence-electron chi connectivity index (χ4n) is 5.24. The van der Waals surface area contributed by atoms with Crippen LogP contribution in [0.1, 0.15) is 27.4 Å². The molecule has 1 amide bonds. The Morgan fingerprint density at radius 2 is 2.00 bits per heavy atom. The Hall–Kier alpha value is -3.98. The Morgan fingerprint density at radius 3 is 2.67 bits per heavy atom. The van der Waals surface area contributed by atoms with E-state index in [1.165, 1.54) is 36.5 Å². The second-order valence-corrected chi connectivity index (χ2v) is 8.33. The summed E-state index contributed by atoms with van der Waals surface area (Å²) in [5.74, 6) is -2.59. The molecular weight excluding hydrogens is 427 g/mol. The number of likely N-dealkylation sites (tertiary alicyclic amines) is 1. The summed E-state index contributed by atoms with van der Waals surface area (Å²) in [6, 6.07) is 13.3. The van der Waals surface area contributed by atoms with Gasteiger partial charge in [-0.15, -0.1) is 0 Å². The van der Waals surface area contributed by atoms with Gasteiger partial charge in [-0.1, -0.05) is 12.1 Å². The number of Topliss-reactive ketones (excluding diaryl/α,β-unsaturated/α-hetero) is 1. The van der Waals surface area contributed by atoms with Gasteiger partial charge >= 0.3 is 0 Å². The Kier molecular flexibility index (Phi) is 4.79. The van der Waals surface area contributed by atoms with Gasteiger partial charge in [0.05, 0.1) is 10.8 Å². The minimum absolute atomic E-state index is 0.0685. The zero-order chi connectivity index (χ0) is 23.3. The van der Waals surface area contributed by atoms with E-state index >= 15 is 0 Å². The van der Waals surface area contributed by atoms with Crippen molar-refractivity contribution in [1.29, 1.82) is 0 Å². The Bertz CT molecular complexity index is 1280. The van der Waals surface area contributed by atoms with Crippen molar-refractivity contribution in [2.75, 3.05) is 18.9 Å². The van der Waals surface area contributed by atoms with E-state index < -0.39 is 34.0 Å². The first-order valence-electron chi connectivity index (χ1n) is 10.4. The number of anilines is 1. The van der Waals surface area contributed by atoms with Crippen molar-refractivity contribution in [3.05, 3.63) is 99.6 Å². The molecule has 1 N–H and O–H groups in total. The van der Waals surface area contributed by atoms with E-state index in [-0.39, 0.29) is 11.5 Å². The van der Waals surface area contributed by atoms with E-state index in [9.17, 15) is 24.1 Å². The highest BCUT2D eigenvalue weighted by atomic mass is 19.1. The lowest BCUT2D eigenvalue weighted by atomic mass is 9.70. The molecule has 2 aromatic carbocycles. The average Bonchev–Trinajstić information content (AvgIpc) is 3.29. The van der Waals surface area contributed by atoms with Gasteiger partial charge in [-0.25, -0.2) is 4.39 Å². The summed E-state index contributed by atoms with van der Waals surface area (Å²) in [6.07, 6.45) is 2.99. The number of benzene rings is 2. The maximum absolute atomic E-state index is 14.3. The Morgan fingerprint density at radius 1 is 1.24 bits per heavy atom. The molecule has 3 heterocycles. The van der Waals surface area contributed by atoms with Crippen LogP contribution in [-0.2, 0) is 10.3 Å². The molecule has 2 aliphatic rings. The smallest absolute Gasteiger partial charge is 0.269 e. The molecule has 0 unspecified atom stereocenters. The van der Waals surface area contributed by atoms with E-state index in [1.54, 1.807) is 42.4 Å². The standard InChI is InChI=1S/C24H19FN4O4/c1-28-13-18(14-4-7-17(8-5-14)29(32)33)21(22(30)15-3-2-10-26-12-15)24(28)19-11-16(25)6-9-20(19)27-23(24)31/h2-12,18,21H,13H2,1H3,(H,27,31)/t18-,21+,24-/m1/s1. The van der Waals surface area contributed by atoms with Gasteiger partial charge in [0.1, 0.15) is 11.4 Å². The predicted molar refractivity (Wildman–Crippen MR) is 117 cm³/mol. The molecule has 8 nitrogen and oxygen atoms in total. The summed E-state index contributed by atoms with van der Waals surface area (Å²) in [7, 11) is 1.73. The molecule has 0 radical (unpaired) electrons. The number of nitrogens with one attached hydrogen (secondary N) is 1. The van der Waals surface area contributed by atoms with Crippen LogP contribution in [0.25, 0.3) is 0 Å². The second kappa shape index (κ2) is 7.56. The molecule has 3 aromatic rings. The Balaban J connectivity index is 1.71. The van der Waals surface area contributed by atoms with Gasteiger partial charge in [-0.3, -0.25) is 29.6 Å². The van der Waals surface area contributed by atoms with Gasteiger partial charge in [0.15, 0.2) is 5.78 Å². The van der Waals surface area contributed by atoms with Gasteiger partial charge in [0.2, 0.25) is 5.91 Å². The number of nitro groups is 1. The van der Waals surface area contributed by atoms with Crippen LogP contribution in [0.3, 0.4) is 0 Å². The topological polar surface area (TPSA) is 105 Å². The normalized spacial score (nSPS) is 24.0. The molecule has 1 fully saturated rings. The fourth-order valence-corrected chi connectivity index (χ4v) is 5.24. The maximum Gasteiger partial charge on any atom is 0.269 e. The SMILES string of the molecule is CN1C[C@H](c2ccc([N+](=O)[O-])cc2)[C@@H](C(=O)c2cccnc2)[C@]12C(=O)Nc1ccc(F)cc12. The molecule has 3 atom stereocenters. The quantitative estimate of drug-likeness (QED) is 0.374. The number of rotatable bonds is 4. The number of hydrogen-bond acceptors (Lipinski definition) is 6. The second-order valence-electron chi connectivity index (χ2n) is 8.33. The van der Waals surface area contributed by atoms with Crippen molar-refractivity contribution in [3.63, 3.8) is 0 Å². The summed E-state index contributed by atoms with van der Waals surface area (Å²) >= 11 is 0. The van der Waals surface area contributed by atoms with Gasteiger partial charge in [0, 0.05) is 53.8 Å². The zero-order valence-corrected chi connectivity index (χ0v) is 17.6. The van der Waals surface area contributed by atoms with Crippen molar-refractivity contribution in [1.82, 2.24) is 9.88 Å². The number of nitrogens with zero attached hydrogens (tertiary/aromatic N) is 3. The lowest BCUT2D eigenvalue weighted by molar-refractivity contribution is -0.384. The van der Waals surface area contributed by atoms with Crippen molar-refractivity contribution in [2.24, 2.45) is 5.92 Å². The number of fused-ring (bicyclic) bond motifs is 2. The summed E-state index contributed by atoms with van der Waals surface area (Å²) in [5, 5.41) is 13.9. The van der Waals surface area contributed by atoms with Crippen LogP contribution in [-0.4, -0.2) is 40.1 Å². The van der Waals surface area contributed by atoms with E-state index in [1.807, 2.05) is 0 Å². The first-order valence-corrected chi connectivity index (χ1v) is 10.4. The molecule has 0 saturated carbocycles. The number of halogens is 1. The summed E-state index contributed by atoms with van der Waals surface area (Å²) in [6.45, 7) is 0.317. The van der Waals surface area contributed by atoms with Crippen LogP contribution >= 0.6 is 0 Å². The number of pyridine rings is 1. The molecule has 1 saturated heterocycles. The van der Waals surface area contributed by atoms with E-state index in [2.05, 4.69) is 10.3 Å². The molecule has 0 bridgehead atoms. The Labute approximate surface area is 188 Å². The third-order valence-electron chi connectivity index (χ3n) is 6.67. The number of non-ortho nitro benzene ring substituents is 1. The lowest BCUT2D eigenvalue weighted by Crippen LogP contribution is -2.51. The first kappa shape index (κ1) is 20.9. The summed E-state index contributed by atoms with van der Waals surface area (Å²) in [4.78, 5) is 43.9. The zero-order valence-electron chi connectivity index (χ0n) is 17.6. The van der Waals surface area contributed by atoms with Crippen molar-refractivity contribution in [2.45, 2.75) is 11.5 Å². The highest BCUT2D eigenvalue weighted by Gasteiger charge is 2.64. The van der Waals surface area contributed by atoms with Crippen LogP contribution in [0, 0.1) is 21.8 Å². The molecule has 0 aliphatic carbocycles. The van der Waals surface area contributed by atoms with Crippen LogP contribution in [0.2, 0.25) is 0 Å². The largest absolute Gasteiger partial charge is 0.324 e. The molecule has 5 rings (SSSR count). The molecule has 9 heteroatoms. The third kappa shape index (κ3) is 3.04. The van der Waals surface area contributed by atoms with E-state index in [4.69, 9.17) is 0 Å². The first-order chi connectivity index (χ1) is 15.8. The van der Waals surface area contributed by atoms with Crippen LogP contribution in [0.5, 0.6) is 0 Å². The predicted octanol–water partition coefficient (Wildman–Crippen LogP) is 3.50. The monoisotopic (exact) mass is 446 g/mol.